The lowest BCUT2D eigenvalue weighted by molar-refractivity contribution is -0.137. The number of carboxylic acids is 1. The van der Waals surface area contributed by atoms with Gasteiger partial charge >= 0.3 is 5.97 Å². The van der Waals surface area contributed by atoms with Crippen LogP contribution in [0.4, 0.5) is 0 Å². The second kappa shape index (κ2) is 1.77. The van der Waals surface area contributed by atoms with E-state index in [1.54, 1.807) is 0 Å². The molecule has 0 heterocycles. The van der Waals surface area contributed by atoms with Gasteiger partial charge in [-0.2, -0.15) is 0 Å². The molecular weight excluding hydrogens is 104 g/mol. The lowest BCUT2D eigenvalue weighted by atomic mass is 10.2. The topological polar surface area (TPSA) is 37.3 Å². The fourth-order valence-electron chi connectivity index (χ4n) is 0.908. The monoisotopic (exact) mass is 114 g/mol. The fourth-order valence-corrected chi connectivity index (χ4v) is 0.908. The third kappa shape index (κ3) is 1.22. The molecule has 1 rings (SSSR count). The Bertz CT molecular complexity index is 109. The first-order valence-corrected chi connectivity index (χ1v) is 2.92. The molecule has 0 saturated heterocycles. The highest BCUT2D eigenvalue weighted by atomic mass is 16.4. The minimum absolute atomic E-state index is 0.376. The van der Waals surface area contributed by atoms with Gasteiger partial charge in [0.05, 0.1) is 0 Å². The summed E-state index contributed by atoms with van der Waals surface area (Å²) >= 11 is 0. The number of rotatable bonds is 2. The second-order valence-corrected chi connectivity index (χ2v) is 2.57. The number of carbonyl (C=O) groups is 1. The van der Waals surface area contributed by atoms with Gasteiger partial charge in [-0.3, -0.25) is 4.79 Å². The van der Waals surface area contributed by atoms with Crippen molar-refractivity contribution >= 4 is 5.97 Å². The molecule has 0 aromatic rings. The largest absolute Gasteiger partial charge is 0.481 e. The summed E-state index contributed by atoms with van der Waals surface area (Å²) in [6.45, 7) is 2.09. The van der Waals surface area contributed by atoms with Crippen LogP contribution in [0.2, 0.25) is 0 Å². The molecule has 2 nitrogen and oxygen atoms in total. The zero-order valence-corrected chi connectivity index (χ0v) is 4.92. The summed E-state index contributed by atoms with van der Waals surface area (Å²) in [6, 6.07) is 0. The molecule has 2 heteroatoms. The van der Waals surface area contributed by atoms with Gasteiger partial charge in [-0.05, 0) is 18.3 Å². The van der Waals surface area contributed by atoms with Crippen molar-refractivity contribution in [1.29, 1.82) is 0 Å². The minimum atomic E-state index is -0.653. The Balaban J connectivity index is 2.14. The number of hydrogen-bond acceptors (Lipinski definition) is 1. The quantitative estimate of drug-likeness (QED) is 0.584. The standard InChI is InChI=1S/C6H10O2/c1-4-2-5(4)3-6(7)8/h4-5H,2-3H2,1H3,(H,7,8)/t4-,5+/m0/s1. The van der Waals surface area contributed by atoms with E-state index in [0.29, 0.717) is 18.3 Å². The highest BCUT2D eigenvalue weighted by Crippen LogP contribution is 2.40. The highest BCUT2D eigenvalue weighted by molar-refractivity contribution is 5.67. The van der Waals surface area contributed by atoms with Gasteiger partial charge in [-0.25, -0.2) is 0 Å². The first-order chi connectivity index (χ1) is 3.70. The predicted molar refractivity (Wildman–Crippen MR) is 29.5 cm³/mol. The van der Waals surface area contributed by atoms with Crippen molar-refractivity contribution in [2.24, 2.45) is 11.8 Å². The maximum absolute atomic E-state index is 10.00. The summed E-state index contributed by atoms with van der Waals surface area (Å²) in [5.74, 6) is 0.512. The van der Waals surface area contributed by atoms with E-state index in [9.17, 15) is 4.79 Å². The molecule has 0 aromatic carbocycles. The average Bonchev–Trinajstić information content (AvgIpc) is 2.17. The molecular formula is C6H10O2. The number of hydrogen-bond donors (Lipinski definition) is 1. The fraction of sp³-hybridized carbons (Fsp3) is 0.833. The molecule has 1 fully saturated rings. The Morgan fingerprint density at radius 1 is 1.88 bits per heavy atom. The predicted octanol–water partition coefficient (Wildman–Crippen LogP) is 1.12. The second-order valence-electron chi connectivity index (χ2n) is 2.57. The molecule has 0 radical (unpaired) electrons. The smallest absolute Gasteiger partial charge is 0.303 e. The summed E-state index contributed by atoms with van der Waals surface area (Å²) in [6.07, 6.45) is 1.49. The van der Waals surface area contributed by atoms with E-state index in [4.69, 9.17) is 5.11 Å². The number of carboxylic acid groups (broad SMARTS) is 1. The Kier molecular flexibility index (Phi) is 1.24. The van der Waals surface area contributed by atoms with Crippen molar-refractivity contribution in [1.82, 2.24) is 0 Å². The molecule has 8 heavy (non-hydrogen) atoms. The van der Waals surface area contributed by atoms with E-state index in [2.05, 4.69) is 6.92 Å². The van der Waals surface area contributed by atoms with Crippen molar-refractivity contribution in [3.63, 3.8) is 0 Å². The molecule has 0 unspecified atom stereocenters. The summed E-state index contributed by atoms with van der Waals surface area (Å²) in [5, 5.41) is 8.24. The van der Waals surface area contributed by atoms with Gasteiger partial charge in [-0.15, -0.1) is 0 Å². The maximum Gasteiger partial charge on any atom is 0.303 e. The van der Waals surface area contributed by atoms with Crippen LogP contribution in [-0.4, -0.2) is 11.1 Å². The third-order valence-electron chi connectivity index (χ3n) is 1.71. The highest BCUT2D eigenvalue weighted by Gasteiger charge is 2.33. The molecule has 0 aromatic heterocycles. The van der Waals surface area contributed by atoms with Gasteiger partial charge in [0.25, 0.3) is 0 Å². The molecule has 1 N–H and O–H groups in total. The lowest BCUT2D eigenvalue weighted by Crippen LogP contribution is -1.95. The van der Waals surface area contributed by atoms with Crippen molar-refractivity contribution in [2.45, 2.75) is 19.8 Å². The zero-order valence-electron chi connectivity index (χ0n) is 4.92. The summed E-state index contributed by atoms with van der Waals surface area (Å²) in [5.41, 5.74) is 0. The van der Waals surface area contributed by atoms with E-state index in [1.165, 1.54) is 0 Å². The van der Waals surface area contributed by atoms with Crippen molar-refractivity contribution in [3.05, 3.63) is 0 Å². The van der Waals surface area contributed by atoms with E-state index in [0.717, 1.165) is 6.42 Å². The van der Waals surface area contributed by atoms with E-state index in [-0.39, 0.29) is 0 Å². The molecule has 0 spiro atoms. The van der Waals surface area contributed by atoms with Crippen molar-refractivity contribution < 1.29 is 9.90 Å². The van der Waals surface area contributed by atoms with Gasteiger partial charge < -0.3 is 5.11 Å². The van der Waals surface area contributed by atoms with Gasteiger partial charge in [0, 0.05) is 6.42 Å². The molecule has 1 saturated carbocycles. The summed E-state index contributed by atoms with van der Waals surface area (Å²) in [7, 11) is 0. The van der Waals surface area contributed by atoms with Crippen LogP contribution < -0.4 is 0 Å². The lowest BCUT2D eigenvalue weighted by Gasteiger charge is -1.85. The van der Waals surface area contributed by atoms with Gasteiger partial charge in [0.1, 0.15) is 0 Å². The Hall–Kier alpha value is -0.530. The Morgan fingerprint density at radius 2 is 2.38 bits per heavy atom. The van der Waals surface area contributed by atoms with E-state index >= 15 is 0 Å². The van der Waals surface area contributed by atoms with Crippen LogP contribution in [0.25, 0.3) is 0 Å². The zero-order chi connectivity index (χ0) is 6.15. The van der Waals surface area contributed by atoms with Crippen LogP contribution in [0.15, 0.2) is 0 Å². The first-order valence-electron chi connectivity index (χ1n) is 2.92. The van der Waals surface area contributed by atoms with Crippen molar-refractivity contribution in [2.75, 3.05) is 0 Å². The van der Waals surface area contributed by atoms with E-state index < -0.39 is 5.97 Å². The minimum Gasteiger partial charge on any atom is -0.481 e. The summed E-state index contributed by atoms with van der Waals surface area (Å²) < 4.78 is 0. The molecule has 46 valence electrons. The average molecular weight is 114 g/mol. The van der Waals surface area contributed by atoms with Gasteiger partial charge in [0.2, 0.25) is 0 Å². The first kappa shape index (κ1) is 5.60. The van der Waals surface area contributed by atoms with Crippen molar-refractivity contribution in [3.8, 4) is 0 Å². The van der Waals surface area contributed by atoms with Crippen LogP contribution in [0.1, 0.15) is 19.8 Å². The number of aliphatic carboxylic acids is 1. The van der Waals surface area contributed by atoms with Crippen LogP contribution in [0.5, 0.6) is 0 Å². The molecule has 1 aliphatic carbocycles. The van der Waals surface area contributed by atoms with Crippen LogP contribution >= 0.6 is 0 Å². The molecule has 1 aliphatic rings. The molecule has 0 amide bonds. The van der Waals surface area contributed by atoms with E-state index in [1.807, 2.05) is 0 Å². The van der Waals surface area contributed by atoms with Gasteiger partial charge in [-0.1, -0.05) is 6.92 Å². The summed E-state index contributed by atoms with van der Waals surface area (Å²) in [4.78, 5) is 10.00. The van der Waals surface area contributed by atoms with Crippen LogP contribution in [0.3, 0.4) is 0 Å². The van der Waals surface area contributed by atoms with Crippen LogP contribution in [-0.2, 0) is 4.79 Å². The SMILES string of the molecule is C[C@H]1C[C@@H]1CC(=O)O. The maximum atomic E-state index is 10.00. The third-order valence-corrected chi connectivity index (χ3v) is 1.71. The van der Waals surface area contributed by atoms with Gasteiger partial charge in [0.15, 0.2) is 0 Å². The Morgan fingerprint density at radius 3 is 2.50 bits per heavy atom. The Labute approximate surface area is 48.5 Å². The van der Waals surface area contributed by atoms with Crippen LogP contribution in [0, 0.1) is 11.8 Å². The molecule has 0 bridgehead atoms. The normalized spacial score (nSPS) is 34.6. The molecule has 2 atom stereocenters. The molecule has 0 aliphatic heterocycles.